The van der Waals surface area contributed by atoms with Gasteiger partial charge in [0.2, 0.25) is 0 Å². The molecule has 0 radical (unpaired) electrons. The summed E-state index contributed by atoms with van der Waals surface area (Å²) in [6.07, 6.45) is 0.645. The summed E-state index contributed by atoms with van der Waals surface area (Å²) in [5, 5.41) is 2.92. The zero-order valence-corrected chi connectivity index (χ0v) is 16.1. The van der Waals surface area contributed by atoms with Crippen LogP contribution in [0, 0.1) is 17.7 Å². The molecule has 4 nitrogen and oxygen atoms in total. The highest BCUT2D eigenvalue weighted by atomic mass is 79.9. The summed E-state index contributed by atoms with van der Waals surface area (Å²) < 4.78 is 19.2. The molecule has 1 saturated heterocycles. The Morgan fingerprint density at radius 2 is 2.08 bits per heavy atom. The van der Waals surface area contributed by atoms with E-state index in [1.807, 2.05) is 0 Å². The lowest BCUT2D eigenvalue weighted by Gasteiger charge is -2.35. The van der Waals surface area contributed by atoms with Gasteiger partial charge in [-0.2, -0.15) is 0 Å². The second kappa shape index (κ2) is 8.81. The highest BCUT2D eigenvalue weighted by molar-refractivity contribution is 9.10. The normalized spacial score (nSPS) is 22.9. The Kier molecular flexibility index (Phi) is 7.04. The van der Waals surface area contributed by atoms with Crippen LogP contribution in [0.5, 0.6) is 5.75 Å². The molecule has 3 atom stereocenters. The molecular formula is C18H26BrFN2O2. The van der Waals surface area contributed by atoms with E-state index in [4.69, 9.17) is 4.74 Å². The van der Waals surface area contributed by atoms with Gasteiger partial charge < -0.3 is 15.0 Å². The highest BCUT2D eigenvalue weighted by Gasteiger charge is 2.22. The molecule has 1 fully saturated rings. The molecule has 1 amide bonds. The maximum atomic E-state index is 13.1. The van der Waals surface area contributed by atoms with Crippen molar-refractivity contribution in [3.05, 3.63) is 28.5 Å². The quantitative estimate of drug-likeness (QED) is 0.794. The number of carbonyl (C=O) groups is 1. The van der Waals surface area contributed by atoms with Crippen LogP contribution in [0.15, 0.2) is 22.7 Å². The van der Waals surface area contributed by atoms with Crippen molar-refractivity contribution in [2.75, 3.05) is 26.2 Å². The molecule has 1 aliphatic rings. The van der Waals surface area contributed by atoms with E-state index in [0.717, 1.165) is 19.6 Å². The molecule has 1 aromatic carbocycles. The molecule has 0 saturated carbocycles. The summed E-state index contributed by atoms with van der Waals surface area (Å²) in [4.78, 5) is 14.6. The van der Waals surface area contributed by atoms with Crippen LogP contribution in [0.3, 0.4) is 0 Å². The van der Waals surface area contributed by atoms with Crippen molar-refractivity contribution in [2.24, 2.45) is 11.8 Å². The fourth-order valence-electron chi connectivity index (χ4n) is 3.27. The lowest BCUT2D eigenvalue weighted by atomic mass is 9.92. The van der Waals surface area contributed by atoms with Crippen molar-refractivity contribution < 1.29 is 13.9 Å². The van der Waals surface area contributed by atoms with Crippen LogP contribution in [-0.4, -0.2) is 43.1 Å². The van der Waals surface area contributed by atoms with Gasteiger partial charge in [0.25, 0.3) is 5.91 Å². The minimum atomic E-state index is -0.633. The summed E-state index contributed by atoms with van der Waals surface area (Å²) in [5.41, 5.74) is 0. The Hall–Kier alpha value is -1.14. The summed E-state index contributed by atoms with van der Waals surface area (Å²) >= 11 is 3.24. The Labute approximate surface area is 151 Å². The van der Waals surface area contributed by atoms with E-state index in [0.29, 0.717) is 28.6 Å². The molecule has 134 valence electrons. The average Bonchev–Trinajstić information content (AvgIpc) is 2.49. The molecule has 24 heavy (non-hydrogen) atoms. The summed E-state index contributed by atoms with van der Waals surface area (Å²) in [6.45, 7) is 9.89. The van der Waals surface area contributed by atoms with Gasteiger partial charge in [-0.1, -0.05) is 13.8 Å². The summed E-state index contributed by atoms with van der Waals surface area (Å²) in [5.74, 6) is 1.36. The Balaban J connectivity index is 1.75. The maximum Gasteiger partial charge on any atom is 0.260 e. The third-order valence-corrected chi connectivity index (χ3v) is 4.86. The van der Waals surface area contributed by atoms with Crippen LogP contribution in [0.2, 0.25) is 0 Å². The smallest absolute Gasteiger partial charge is 0.260 e. The first-order valence-corrected chi connectivity index (χ1v) is 9.26. The van der Waals surface area contributed by atoms with Crippen LogP contribution in [0.1, 0.15) is 27.2 Å². The molecule has 0 aliphatic carbocycles. The number of nitrogens with zero attached hydrogens (tertiary/aromatic N) is 1. The Morgan fingerprint density at radius 3 is 2.71 bits per heavy atom. The van der Waals surface area contributed by atoms with Gasteiger partial charge in [-0.3, -0.25) is 4.79 Å². The standard InChI is InChI=1S/C18H26BrFN2O2/c1-12-8-13(2)11-22(10-12)7-6-21-18(23)14(3)24-17-5-4-15(20)9-16(17)19/h4-5,9,12-14H,6-8,10-11H2,1-3H3,(H,21,23). The summed E-state index contributed by atoms with van der Waals surface area (Å²) in [6, 6.07) is 4.14. The number of rotatable bonds is 6. The lowest BCUT2D eigenvalue weighted by Crippen LogP contribution is -2.44. The second-order valence-electron chi connectivity index (χ2n) is 6.83. The van der Waals surface area contributed by atoms with Crippen molar-refractivity contribution in [2.45, 2.75) is 33.3 Å². The molecular weight excluding hydrogens is 375 g/mol. The minimum absolute atomic E-state index is 0.163. The van der Waals surface area contributed by atoms with E-state index in [2.05, 4.69) is 40.0 Å². The van der Waals surface area contributed by atoms with Gasteiger partial charge in [-0.15, -0.1) is 0 Å². The van der Waals surface area contributed by atoms with E-state index < -0.39 is 6.10 Å². The SMILES string of the molecule is CC1CC(C)CN(CCNC(=O)C(C)Oc2ccc(F)cc2Br)C1. The first kappa shape index (κ1) is 19.2. The number of halogens is 2. The maximum absolute atomic E-state index is 13.1. The van der Waals surface area contributed by atoms with Gasteiger partial charge in [0, 0.05) is 26.2 Å². The average molecular weight is 401 g/mol. The topological polar surface area (TPSA) is 41.6 Å². The lowest BCUT2D eigenvalue weighted by molar-refractivity contribution is -0.127. The Bertz CT molecular complexity index is 560. The van der Waals surface area contributed by atoms with Crippen LogP contribution in [0.25, 0.3) is 0 Å². The van der Waals surface area contributed by atoms with Crippen molar-refractivity contribution in [3.63, 3.8) is 0 Å². The zero-order valence-electron chi connectivity index (χ0n) is 14.5. The molecule has 1 aliphatic heterocycles. The van der Waals surface area contributed by atoms with Crippen LogP contribution >= 0.6 is 15.9 Å². The molecule has 2 rings (SSSR count). The predicted octanol–water partition coefficient (Wildman–Crippen LogP) is 3.45. The van der Waals surface area contributed by atoms with Crippen molar-refractivity contribution in [1.29, 1.82) is 0 Å². The molecule has 1 heterocycles. The minimum Gasteiger partial charge on any atom is -0.480 e. The number of likely N-dealkylation sites (tertiary alicyclic amines) is 1. The fourth-order valence-corrected chi connectivity index (χ4v) is 3.71. The van der Waals surface area contributed by atoms with E-state index >= 15 is 0 Å². The van der Waals surface area contributed by atoms with Gasteiger partial charge in [0.1, 0.15) is 11.6 Å². The van der Waals surface area contributed by atoms with E-state index in [1.165, 1.54) is 24.6 Å². The van der Waals surface area contributed by atoms with Gasteiger partial charge in [-0.25, -0.2) is 4.39 Å². The monoisotopic (exact) mass is 400 g/mol. The van der Waals surface area contributed by atoms with E-state index in [-0.39, 0.29) is 11.7 Å². The second-order valence-corrected chi connectivity index (χ2v) is 7.69. The summed E-state index contributed by atoms with van der Waals surface area (Å²) in [7, 11) is 0. The largest absolute Gasteiger partial charge is 0.480 e. The zero-order chi connectivity index (χ0) is 17.7. The molecule has 3 unspecified atom stereocenters. The number of amides is 1. The van der Waals surface area contributed by atoms with Crippen LogP contribution < -0.4 is 10.1 Å². The molecule has 0 aromatic heterocycles. The van der Waals surface area contributed by atoms with Crippen LogP contribution in [-0.2, 0) is 4.79 Å². The number of carbonyl (C=O) groups excluding carboxylic acids is 1. The van der Waals surface area contributed by atoms with Crippen molar-refractivity contribution >= 4 is 21.8 Å². The van der Waals surface area contributed by atoms with Crippen molar-refractivity contribution in [1.82, 2.24) is 10.2 Å². The number of ether oxygens (including phenoxy) is 1. The van der Waals surface area contributed by atoms with E-state index in [9.17, 15) is 9.18 Å². The molecule has 1 N–H and O–H groups in total. The van der Waals surface area contributed by atoms with E-state index in [1.54, 1.807) is 6.92 Å². The van der Waals surface area contributed by atoms with Crippen LogP contribution in [0.4, 0.5) is 4.39 Å². The molecule has 6 heteroatoms. The number of piperidine rings is 1. The third kappa shape index (κ3) is 5.74. The predicted molar refractivity (Wildman–Crippen MR) is 96.6 cm³/mol. The van der Waals surface area contributed by atoms with Gasteiger partial charge in [0.15, 0.2) is 6.10 Å². The number of hydrogen-bond donors (Lipinski definition) is 1. The van der Waals surface area contributed by atoms with Gasteiger partial charge in [0.05, 0.1) is 4.47 Å². The van der Waals surface area contributed by atoms with Gasteiger partial charge in [-0.05, 0) is 59.3 Å². The van der Waals surface area contributed by atoms with Crippen molar-refractivity contribution in [3.8, 4) is 5.75 Å². The number of benzene rings is 1. The first-order valence-electron chi connectivity index (χ1n) is 8.47. The highest BCUT2D eigenvalue weighted by Crippen LogP contribution is 2.26. The van der Waals surface area contributed by atoms with Gasteiger partial charge >= 0.3 is 0 Å². The first-order chi connectivity index (χ1) is 11.3. The Morgan fingerprint density at radius 1 is 1.42 bits per heavy atom. The molecule has 0 spiro atoms. The fraction of sp³-hybridized carbons (Fsp3) is 0.611. The molecule has 1 aromatic rings. The number of hydrogen-bond acceptors (Lipinski definition) is 3. The third-order valence-electron chi connectivity index (χ3n) is 4.24. The molecule has 0 bridgehead atoms. The number of nitrogens with one attached hydrogen (secondary N) is 1.